The molecule has 1 amide bonds. The average molecular weight is 198 g/mol. The molecule has 0 aliphatic heterocycles. The Hall–Kier alpha value is -1.59. The Morgan fingerprint density at radius 1 is 1.71 bits per heavy atom. The van der Waals surface area contributed by atoms with Gasteiger partial charge in [-0.15, -0.1) is 5.10 Å². The SMILES string of the molecule is CCC(C)NC(=O)c1nn(C)c(=O)[nH]1. The molecular weight excluding hydrogens is 184 g/mol. The number of aryl methyl sites for hydroxylation is 1. The van der Waals surface area contributed by atoms with Gasteiger partial charge in [-0.25, -0.2) is 9.48 Å². The highest BCUT2D eigenvalue weighted by molar-refractivity contribution is 5.90. The molecule has 1 rings (SSSR count). The van der Waals surface area contributed by atoms with Crippen LogP contribution in [-0.2, 0) is 7.05 Å². The Labute approximate surface area is 81.3 Å². The van der Waals surface area contributed by atoms with E-state index in [4.69, 9.17) is 0 Å². The van der Waals surface area contributed by atoms with Crippen LogP contribution in [0.1, 0.15) is 30.9 Å². The van der Waals surface area contributed by atoms with Gasteiger partial charge in [0.15, 0.2) is 0 Å². The number of aromatic amines is 1. The van der Waals surface area contributed by atoms with Gasteiger partial charge in [0, 0.05) is 13.1 Å². The summed E-state index contributed by atoms with van der Waals surface area (Å²) in [5.41, 5.74) is -0.390. The van der Waals surface area contributed by atoms with Gasteiger partial charge in [0.2, 0.25) is 5.82 Å². The summed E-state index contributed by atoms with van der Waals surface area (Å²) in [5.74, 6) is -0.296. The Balaban J connectivity index is 2.75. The van der Waals surface area contributed by atoms with Crippen LogP contribution in [0.25, 0.3) is 0 Å². The highest BCUT2D eigenvalue weighted by Gasteiger charge is 2.12. The van der Waals surface area contributed by atoms with Gasteiger partial charge in [0.1, 0.15) is 0 Å². The summed E-state index contributed by atoms with van der Waals surface area (Å²) in [4.78, 5) is 24.7. The molecule has 0 saturated carbocycles. The van der Waals surface area contributed by atoms with Crippen LogP contribution in [0, 0.1) is 0 Å². The molecule has 14 heavy (non-hydrogen) atoms. The summed E-state index contributed by atoms with van der Waals surface area (Å²) in [6.45, 7) is 3.85. The third kappa shape index (κ3) is 2.21. The van der Waals surface area contributed by atoms with E-state index in [1.807, 2.05) is 13.8 Å². The topological polar surface area (TPSA) is 79.8 Å². The van der Waals surface area contributed by atoms with E-state index in [0.29, 0.717) is 0 Å². The second-order valence-electron chi connectivity index (χ2n) is 3.19. The van der Waals surface area contributed by atoms with E-state index in [9.17, 15) is 9.59 Å². The number of aromatic nitrogens is 3. The molecule has 0 bridgehead atoms. The van der Waals surface area contributed by atoms with E-state index in [1.165, 1.54) is 7.05 Å². The van der Waals surface area contributed by atoms with Crippen LogP contribution < -0.4 is 11.0 Å². The van der Waals surface area contributed by atoms with Crippen LogP contribution in [0.5, 0.6) is 0 Å². The molecule has 6 heteroatoms. The summed E-state index contributed by atoms with van der Waals surface area (Å²) in [6.07, 6.45) is 0.836. The minimum Gasteiger partial charge on any atom is -0.347 e. The molecule has 78 valence electrons. The number of H-pyrrole nitrogens is 1. The number of carbonyl (C=O) groups excluding carboxylic acids is 1. The number of nitrogens with one attached hydrogen (secondary N) is 2. The molecule has 1 aromatic heterocycles. The van der Waals surface area contributed by atoms with E-state index in [2.05, 4.69) is 15.4 Å². The fourth-order valence-corrected chi connectivity index (χ4v) is 0.899. The lowest BCUT2D eigenvalue weighted by molar-refractivity contribution is 0.0928. The van der Waals surface area contributed by atoms with E-state index in [1.54, 1.807) is 0 Å². The van der Waals surface area contributed by atoms with E-state index in [0.717, 1.165) is 11.1 Å². The number of rotatable bonds is 3. The Bertz CT molecular complexity index is 379. The summed E-state index contributed by atoms with van der Waals surface area (Å²) in [5, 5.41) is 6.44. The first-order valence-corrected chi connectivity index (χ1v) is 4.48. The maximum Gasteiger partial charge on any atom is 0.343 e. The fraction of sp³-hybridized carbons (Fsp3) is 0.625. The average Bonchev–Trinajstić information content (AvgIpc) is 2.47. The molecule has 2 N–H and O–H groups in total. The Kier molecular flexibility index (Phi) is 3.06. The van der Waals surface area contributed by atoms with Gasteiger partial charge in [-0.05, 0) is 13.3 Å². The molecule has 6 nitrogen and oxygen atoms in total. The second kappa shape index (κ2) is 4.08. The molecule has 0 saturated heterocycles. The lowest BCUT2D eigenvalue weighted by Crippen LogP contribution is -2.32. The highest BCUT2D eigenvalue weighted by Crippen LogP contribution is 1.91. The maximum absolute atomic E-state index is 11.4. The van der Waals surface area contributed by atoms with Crippen LogP contribution in [0.3, 0.4) is 0 Å². The lowest BCUT2D eigenvalue weighted by Gasteiger charge is -2.08. The third-order valence-corrected chi connectivity index (χ3v) is 1.97. The zero-order valence-electron chi connectivity index (χ0n) is 8.50. The fourth-order valence-electron chi connectivity index (χ4n) is 0.899. The quantitative estimate of drug-likeness (QED) is 0.695. The van der Waals surface area contributed by atoms with Crippen LogP contribution in [-0.4, -0.2) is 26.7 Å². The minimum absolute atomic E-state index is 0.0535. The van der Waals surface area contributed by atoms with Crippen LogP contribution >= 0.6 is 0 Å². The van der Waals surface area contributed by atoms with Gasteiger partial charge in [0.25, 0.3) is 5.91 Å². The van der Waals surface area contributed by atoms with E-state index in [-0.39, 0.29) is 23.5 Å². The van der Waals surface area contributed by atoms with Crippen molar-refractivity contribution in [3.8, 4) is 0 Å². The number of carbonyl (C=O) groups is 1. The predicted octanol–water partition coefficient (Wildman–Crippen LogP) is -0.363. The normalized spacial score (nSPS) is 12.5. The molecule has 1 unspecified atom stereocenters. The first-order chi connectivity index (χ1) is 6.54. The van der Waals surface area contributed by atoms with Gasteiger partial charge in [-0.2, -0.15) is 0 Å². The van der Waals surface area contributed by atoms with Gasteiger partial charge in [-0.3, -0.25) is 9.78 Å². The molecule has 1 atom stereocenters. The van der Waals surface area contributed by atoms with Crippen molar-refractivity contribution in [1.82, 2.24) is 20.1 Å². The molecule has 0 aromatic carbocycles. The van der Waals surface area contributed by atoms with Crippen molar-refractivity contribution in [2.75, 3.05) is 0 Å². The lowest BCUT2D eigenvalue weighted by atomic mass is 10.2. The van der Waals surface area contributed by atoms with Crippen molar-refractivity contribution in [2.24, 2.45) is 7.05 Å². The van der Waals surface area contributed by atoms with E-state index >= 15 is 0 Å². The Morgan fingerprint density at radius 3 is 2.79 bits per heavy atom. The first kappa shape index (κ1) is 10.5. The van der Waals surface area contributed by atoms with Crippen molar-refractivity contribution in [3.63, 3.8) is 0 Å². The van der Waals surface area contributed by atoms with Crippen molar-refractivity contribution in [2.45, 2.75) is 26.3 Å². The van der Waals surface area contributed by atoms with Gasteiger partial charge >= 0.3 is 5.69 Å². The summed E-state index contributed by atoms with van der Waals surface area (Å²) >= 11 is 0. The highest BCUT2D eigenvalue weighted by atomic mass is 16.2. The molecule has 1 heterocycles. The van der Waals surface area contributed by atoms with Crippen LogP contribution in [0.15, 0.2) is 4.79 Å². The van der Waals surface area contributed by atoms with Crippen LogP contribution in [0.2, 0.25) is 0 Å². The molecule has 0 aliphatic carbocycles. The van der Waals surface area contributed by atoms with Crippen molar-refractivity contribution >= 4 is 5.91 Å². The third-order valence-electron chi connectivity index (χ3n) is 1.97. The monoisotopic (exact) mass is 198 g/mol. The number of amides is 1. The van der Waals surface area contributed by atoms with Gasteiger partial charge in [0.05, 0.1) is 0 Å². The first-order valence-electron chi connectivity index (χ1n) is 4.48. The molecule has 0 spiro atoms. The number of hydrogen-bond donors (Lipinski definition) is 2. The summed E-state index contributed by atoms with van der Waals surface area (Å²) in [7, 11) is 1.48. The summed E-state index contributed by atoms with van der Waals surface area (Å²) in [6, 6.07) is 0.0769. The minimum atomic E-state index is -0.390. The van der Waals surface area contributed by atoms with Gasteiger partial charge < -0.3 is 5.32 Å². The van der Waals surface area contributed by atoms with Crippen molar-refractivity contribution in [1.29, 1.82) is 0 Å². The van der Waals surface area contributed by atoms with Crippen molar-refractivity contribution in [3.05, 3.63) is 16.3 Å². The molecule has 1 aromatic rings. The maximum atomic E-state index is 11.4. The predicted molar refractivity (Wildman–Crippen MR) is 51.0 cm³/mol. The molecule has 0 aliphatic rings. The zero-order chi connectivity index (χ0) is 10.7. The standard InChI is InChI=1S/C8H14N4O2/c1-4-5(2)9-7(13)6-10-8(14)12(3)11-6/h5H,4H2,1-3H3,(H,9,13)(H,10,11,14). The summed E-state index contributed by atoms with van der Waals surface area (Å²) < 4.78 is 1.09. The van der Waals surface area contributed by atoms with Crippen molar-refractivity contribution < 1.29 is 4.79 Å². The number of hydrogen-bond acceptors (Lipinski definition) is 3. The zero-order valence-corrected chi connectivity index (χ0v) is 8.50. The smallest absolute Gasteiger partial charge is 0.343 e. The molecule has 0 radical (unpaired) electrons. The number of nitrogens with zero attached hydrogens (tertiary/aromatic N) is 2. The Morgan fingerprint density at radius 2 is 2.36 bits per heavy atom. The van der Waals surface area contributed by atoms with Crippen LogP contribution in [0.4, 0.5) is 0 Å². The largest absolute Gasteiger partial charge is 0.347 e. The second-order valence-corrected chi connectivity index (χ2v) is 3.19. The van der Waals surface area contributed by atoms with E-state index < -0.39 is 0 Å². The molecular formula is C8H14N4O2. The molecule has 0 fully saturated rings. The van der Waals surface area contributed by atoms with Gasteiger partial charge in [-0.1, -0.05) is 6.92 Å².